The van der Waals surface area contributed by atoms with Crippen LogP contribution in [-0.4, -0.2) is 29.9 Å². The third kappa shape index (κ3) is 6.08. The first-order chi connectivity index (χ1) is 14.0. The van der Waals surface area contributed by atoms with Crippen molar-refractivity contribution in [3.63, 3.8) is 0 Å². The molecule has 1 fully saturated rings. The molecule has 2 N–H and O–H groups in total. The molecular formula is C24H31N3O2. The van der Waals surface area contributed by atoms with Crippen molar-refractivity contribution in [3.8, 4) is 0 Å². The van der Waals surface area contributed by atoms with Gasteiger partial charge in [0.2, 0.25) is 5.91 Å². The Kier molecular flexibility index (Phi) is 7.28. The van der Waals surface area contributed by atoms with Gasteiger partial charge in [-0.2, -0.15) is 0 Å². The van der Waals surface area contributed by atoms with Crippen LogP contribution in [0.4, 0.5) is 10.5 Å². The quantitative estimate of drug-likeness (QED) is 0.712. The molecule has 0 aromatic heterocycles. The summed E-state index contributed by atoms with van der Waals surface area (Å²) in [5.74, 6) is 0.517. The van der Waals surface area contributed by atoms with E-state index in [1.54, 1.807) is 0 Å². The number of nitrogens with zero attached hydrogens (tertiary/aromatic N) is 1. The maximum Gasteiger partial charge on any atom is 0.319 e. The van der Waals surface area contributed by atoms with Gasteiger partial charge in [-0.1, -0.05) is 56.3 Å². The van der Waals surface area contributed by atoms with E-state index in [0.29, 0.717) is 6.42 Å². The van der Waals surface area contributed by atoms with Gasteiger partial charge in [0.15, 0.2) is 0 Å². The third-order valence-corrected chi connectivity index (χ3v) is 5.41. The smallest absolute Gasteiger partial charge is 0.319 e. The second kappa shape index (κ2) is 10.1. The fourth-order valence-electron chi connectivity index (χ4n) is 3.73. The van der Waals surface area contributed by atoms with Crippen LogP contribution in [-0.2, 0) is 11.2 Å². The first kappa shape index (κ1) is 20.9. The SMILES string of the molecule is CC(C)C(NC(=O)Nc1ccc(CCC(=O)N2CCCC2)cc1)c1ccccc1. The Morgan fingerprint density at radius 2 is 1.62 bits per heavy atom. The van der Waals surface area contributed by atoms with Crippen molar-refractivity contribution in [2.75, 3.05) is 18.4 Å². The maximum absolute atomic E-state index is 12.5. The van der Waals surface area contributed by atoms with Gasteiger partial charge in [0.1, 0.15) is 0 Å². The maximum atomic E-state index is 12.5. The van der Waals surface area contributed by atoms with Crippen LogP contribution in [0.3, 0.4) is 0 Å². The lowest BCUT2D eigenvalue weighted by molar-refractivity contribution is -0.130. The minimum absolute atomic E-state index is 0.0490. The van der Waals surface area contributed by atoms with Gasteiger partial charge in [-0.3, -0.25) is 4.79 Å². The Bertz CT molecular complexity index is 797. The molecule has 29 heavy (non-hydrogen) atoms. The van der Waals surface area contributed by atoms with Crippen LogP contribution in [0.15, 0.2) is 54.6 Å². The Morgan fingerprint density at radius 1 is 0.966 bits per heavy atom. The van der Waals surface area contributed by atoms with E-state index in [1.165, 1.54) is 0 Å². The van der Waals surface area contributed by atoms with Crippen molar-refractivity contribution in [2.45, 2.75) is 45.6 Å². The molecule has 1 heterocycles. The number of carbonyl (C=O) groups is 2. The summed E-state index contributed by atoms with van der Waals surface area (Å²) in [5, 5.41) is 5.98. The van der Waals surface area contributed by atoms with Crippen LogP contribution in [0.5, 0.6) is 0 Å². The molecule has 1 atom stereocenters. The van der Waals surface area contributed by atoms with Gasteiger partial charge in [-0.25, -0.2) is 4.79 Å². The second-order valence-electron chi connectivity index (χ2n) is 8.02. The van der Waals surface area contributed by atoms with Crippen molar-refractivity contribution in [1.29, 1.82) is 0 Å². The molecule has 1 unspecified atom stereocenters. The fraction of sp³-hybridized carbons (Fsp3) is 0.417. The van der Waals surface area contributed by atoms with Crippen LogP contribution in [0, 0.1) is 5.92 Å². The van der Waals surface area contributed by atoms with E-state index in [1.807, 2.05) is 59.5 Å². The minimum Gasteiger partial charge on any atom is -0.343 e. The summed E-state index contributed by atoms with van der Waals surface area (Å²) in [6, 6.07) is 17.5. The molecule has 3 amide bonds. The van der Waals surface area contributed by atoms with E-state index in [4.69, 9.17) is 0 Å². The Balaban J connectivity index is 1.50. The van der Waals surface area contributed by atoms with E-state index < -0.39 is 0 Å². The van der Waals surface area contributed by atoms with Crippen molar-refractivity contribution < 1.29 is 9.59 Å². The summed E-state index contributed by atoms with van der Waals surface area (Å²) in [5.41, 5.74) is 2.94. The Hall–Kier alpha value is -2.82. The molecule has 154 valence electrons. The number of carbonyl (C=O) groups excluding carboxylic acids is 2. The molecule has 5 nitrogen and oxygen atoms in total. The summed E-state index contributed by atoms with van der Waals surface area (Å²) in [4.78, 5) is 26.6. The highest BCUT2D eigenvalue weighted by atomic mass is 16.2. The first-order valence-corrected chi connectivity index (χ1v) is 10.5. The molecule has 0 radical (unpaired) electrons. The number of benzene rings is 2. The molecule has 5 heteroatoms. The topological polar surface area (TPSA) is 61.4 Å². The van der Waals surface area contributed by atoms with E-state index >= 15 is 0 Å². The average Bonchev–Trinajstić information content (AvgIpc) is 3.27. The Morgan fingerprint density at radius 3 is 2.24 bits per heavy atom. The lowest BCUT2D eigenvalue weighted by Crippen LogP contribution is -2.35. The minimum atomic E-state index is -0.218. The number of hydrogen-bond acceptors (Lipinski definition) is 2. The molecule has 2 aromatic carbocycles. The van der Waals surface area contributed by atoms with Crippen LogP contribution >= 0.6 is 0 Å². The van der Waals surface area contributed by atoms with E-state index in [9.17, 15) is 9.59 Å². The highest BCUT2D eigenvalue weighted by molar-refractivity contribution is 5.89. The van der Waals surface area contributed by atoms with Crippen molar-refractivity contribution in [3.05, 3.63) is 65.7 Å². The van der Waals surface area contributed by atoms with E-state index in [2.05, 4.69) is 24.5 Å². The molecule has 0 spiro atoms. The average molecular weight is 394 g/mol. The molecular weight excluding hydrogens is 362 g/mol. The number of aryl methyl sites for hydroxylation is 1. The number of anilines is 1. The molecule has 2 aromatic rings. The number of likely N-dealkylation sites (tertiary alicyclic amines) is 1. The summed E-state index contributed by atoms with van der Waals surface area (Å²) in [7, 11) is 0. The van der Waals surface area contributed by atoms with Gasteiger partial charge >= 0.3 is 6.03 Å². The predicted molar refractivity (Wildman–Crippen MR) is 117 cm³/mol. The molecule has 0 aliphatic carbocycles. The summed E-state index contributed by atoms with van der Waals surface area (Å²) < 4.78 is 0. The van der Waals surface area contributed by atoms with E-state index in [0.717, 1.165) is 49.2 Å². The van der Waals surface area contributed by atoms with Crippen LogP contribution in [0.1, 0.15) is 50.3 Å². The zero-order chi connectivity index (χ0) is 20.6. The highest BCUT2D eigenvalue weighted by Crippen LogP contribution is 2.21. The largest absolute Gasteiger partial charge is 0.343 e. The third-order valence-electron chi connectivity index (χ3n) is 5.41. The zero-order valence-electron chi connectivity index (χ0n) is 17.4. The standard InChI is InChI=1S/C24H31N3O2/c1-18(2)23(20-8-4-3-5-9-20)26-24(29)25-21-13-10-19(11-14-21)12-15-22(28)27-16-6-7-17-27/h3-5,8-11,13-14,18,23H,6-7,12,15-17H2,1-2H3,(H2,25,26,29). The number of nitrogens with one attached hydrogen (secondary N) is 2. The monoisotopic (exact) mass is 393 g/mol. The van der Waals surface area contributed by atoms with Gasteiger partial charge in [-0.05, 0) is 48.4 Å². The van der Waals surface area contributed by atoms with E-state index in [-0.39, 0.29) is 23.9 Å². The van der Waals surface area contributed by atoms with Crippen LogP contribution in [0.2, 0.25) is 0 Å². The lowest BCUT2D eigenvalue weighted by atomic mass is 9.96. The van der Waals surface area contributed by atoms with Gasteiger partial charge in [0, 0.05) is 25.2 Å². The predicted octanol–water partition coefficient (Wildman–Crippen LogP) is 4.76. The fourth-order valence-corrected chi connectivity index (χ4v) is 3.73. The number of hydrogen-bond donors (Lipinski definition) is 2. The van der Waals surface area contributed by atoms with Gasteiger partial charge in [-0.15, -0.1) is 0 Å². The van der Waals surface area contributed by atoms with Crippen LogP contribution < -0.4 is 10.6 Å². The lowest BCUT2D eigenvalue weighted by Gasteiger charge is -2.23. The summed E-state index contributed by atoms with van der Waals surface area (Å²) in [6.07, 6.45) is 3.51. The second-order valence-corrected chi connectivity index (χ2v) is 8.02. The molecule has 1 aliphatic heterocycles. The number of amides is 3. The first-order valence-electron chi connectivity index (χ1n) is 10.5. The van der Waals surface area contributed by atoms with Crippen molar-refractivity contribution in [1.82, 2.24) is 10.2 Å². The van der Waals surface area contributed by atoms with Crippen LogP contribution in [0.25, 0.3) is 0 Å². The van der Waals surface area contributed by atoms with Gasteiger partial charge in [0.05, 0.1) is 6.04 Å². The summed E-state index contributed by atoms with van der Waals surface area (Å²) >= 11 is 0. The summed E-state index contributed by atoms with van der Waals surface area (Å²) in [6.45, 7) is 5.99. The van der Waals surface area contributed by atoms with Crippen molar-refractivity contribution in [2.24, 2.45) is 5.92 Å². The number of rotatable bonds is 7. The Labute approximate surface area is 173 Å². The van der Waals surface area contributed by atoms with Gasteiger partial charge in [0.25, 0.3) is 0 Å². The molecule has 3 rings (SSSR count). The molecule has 0 saturated carbocycles. The van der Waals surface area contributed by atoms with Crippen molar-refractivity contribution >= 4 is 17.6 Å². The molecule has 1 aliphatic rings. The van der Waals surface area contributed by atoms with Gasteiger partial charge < -0.3 is 15.5 Å². The molecule has 1 saturated heterocycles. The zero-order valence-corrected chi connectivity index (χ0v) is 17.4. The normalized spacial score (nSPS) is 14.7. The molecule has 0 bridgehead atoms. The highest BCUT2D eigenvalue weighted by Gasteiger charge is 2.19. The number of urea groups is 1.